The van der Waals surface area contributed by atoms with E-state index in [4.69, 9.17) is 16.3 Å². The van der Waals surface area contributed by atoms with Gasteiger partial charge in [-0.15, -0.1) is 0 Å². The molecule has 0 saturated heterocycles. The third-order valence-electron chi connectivity index (χ3n) is 4.48. The first-order valence-electron chi connectivity index (χ1n) is 6.85. The molecule has 4 nitrogen and oxygen atoms in total. The molecule has 0 unspecified atom stereocenters. The van der Waals surface area contributed by atoms with Crippen LogP contribution in [0.3, 0.4) is 0 Å². The van der Waals surface area contributed by atoms with Gasteiger partial charge in [0.2, 0.25) is 10.0 Å². The van der Waals surface area contributed by atoms with Crippen molar-refractivity contribution in [1.29, 1.82) is 0 Å². The lowest BCUT2D eigenvalue weighted by Gasteiger charge is -2.22. The maximum absolute atomic E-state index is 12.4. The molecule has 0 radical (unpaired) electrons. The van der Waals surface area contributed by atoms with Crippen molar-refractivity contribution < 1.29 is 13.2 Å². The number of nitrogens with one attached hydrogen (secondary N) is 1. The fourth-order valence-corrected chi connectivity index (χ4v) is 5.14. The van der Waals surface area contributed by atoms with Gasteiger partial charge in [-0.1, -0.05) is 18.0 Å². The highest BCUT2D eigenvalue weighted by Crippen LogP contribution is 2.44. The highest BCUT2D eigenvalue weighted by molar-refractivity contribution is 7.89. The normalized spacial score (nSPS) is 28.8. The number of fused-ring (bicyclic) bond motifs is 2. The molecular formula is C14H18ClNO3S. The number of sulfonamides is 1. The first-order chi connectivity index (χ1) is 9.49. The minimum atomic E-state index is -3.50. The summed E-state index contributed by atoms with van der Waals surface area (Å²) in [6.07, 6.45) is 4.52. The SMILES string of the molecule is COc1ccc(S(=O)(=O)N[C@H]2C[C@H]3CC[C@H]2C3)cc1Cl. The van der Waals surface area contributed by atoms with E-state index >= 15 is 0 Å². The van der Waals surface area contributed by atoms with Crippen LogP contribution in [0.5, 0.6) is 5.75 Å². The minimum absolute atomic E-state index is 0.0830. The van der Waals surface area contributed by atoms with Crippen molar-refractivity contribution >= 4 is 21.6 Å². The lowest BCUT2D eigenvalue weighted by Crippen LogP contribution is -2.38. The smallest absolute Gasteiger partial charge is 0.240 e. The molecule has 0 aliphatic heterocycles. The van der Waals surface area contributed by atoms with Gasteiger partial charge in [0, 0.05) is 6.04 Å². The third kappa shape index (κ3) is 2.54. The number of halogens is 1. The molecule has 20 heavy (non-hydrogen) atoms. The zero-order valence-corrected chi connectivity index (χ0v) is 12.9. The number of methoxy groups -OCH3 is 1. The molecule has 1 N–H and O–H groups in total. The van der Waals surface area contributed by atoms with Crippen molar-refractivity contribution in [2.75, 3.05) is 7.11 Å². The maximum Gasteiger partial charge on any atom is 0.240 e. The standard InChI is InChI=1S/C14H18ClNO3S/c1-19-14-5-4-11(8-12(14)15)20(17,18)16-13-7-9-2-3-10(13)6-9/h4-5,8-10,13,16H,2-3,6-7H2,1H3/t9-,10-,13-/m0/s1. The number of hydrogen-bond acceptors (Lipinski definition) is 3. The van der Waals surface area contributed by atoms with Crippen LogP contribution in [0.25, 0.3) is 0 Å². The van der Waals surface area contributed by atoms with Gasteiger partial charge >= 0.3 is 0 Å². The molecule has 2 saturated carbocycles. The lowest BCUT2D eigenvalue weighted by atomic mass is 9.96. The molecule has 0 aromatic heterocycles. The van der Waals surface area contributed by atoms with E-state index in [9.17, 15) is 8.42 Å². The van der Waals surface area contributed by atoms with Crippen LogP contribution in [0.2, 0.25) is 5.02 Å². The number of benzene rings is 1. The largest absolute Gasteiger partial charge is 0.495 e. The van der Waals surface area contributed by atoms with Crippen molar-refractivity contribution in [2.45, 2.75) is 36.6 Å². The Hall–Kier alpha value is -0.780. The minimum Gasteiger partial charge on any atom is -0.495 e. The summed E-state index contributed by atoms with van der Waals surface area (Å²) >= 11 is 6.00. The first-order valence-corrected chi connectivity index (χ1v) is 8.71. The quantitative estimate of drug-likeness (QED) is 0.929. The van der Waals surface area contributed by atoms with E-state index in [0.29, 0.717) is 22.6 Å². The van der Waals surface area contributed by atoms with E-state index in [1.165, 1.54) is 25.7 Å². The molecule has 2 bridgehead atoms. The summed E-state index contributed by atoms with van der Waals surface area (Å²) < 4.78 is 32.7. The van der Waals surface area contributed by atoms with Crippen LogP contribution < -0.4 is 9.46 Å². The molecule has 1 aromatic rings. The Labute approximate surface area is 124 Å². The van der Waals surface area contributed by atoms with Crippen molar-refractivity contribution in [3.8, 4) is 5.75 Å². The van der Waals surface area contributed by atoms with Gasteiger partial charge in [0.25, 0.3) is 0 Å². The first kappa shape index (κ1) is 14.2. The molecule has 2 aliphatic rings. The van der Waals surface area contributed by atoms with E-state index in [0.717, 1.165) is 19.3 Å². The van der Waals surface area contributed by atoms with Crippen LogP contribution >= 0.6 is 11.6 Å². The van der Waals surface area contributed by atoms with Gasteiger partial charge in [-0.3, -0.25) is 0 Å². The lowest BCUT2D eigenvalue weighted by molar-refractivity contribution is 0.390. The Kier molecular flexibility index (Phi) is 3.69. The van der Waals surface area contributed by atoms with Crippen molar-refractivity contribution in [2.24, 2.45) is 11.8 Å². The molecule has 2 aliphatic carbocycles. The predicted octanol–water partition coefficient (Wildman–Crippen LogP) is 2.82. The second-order valence-corrected chi connectivity index (χ2v) is 7.82. The average Bonchev–Trinajstić information content (AvgIpc) is 3.00. The monoisotopic (exact) mass is 315 g/mol. The van der Waals surface area contributed by atoms with Crippen molar-refractivity contribution in [3.05, 3.63) is 23.2 Å². The van der Waals surface area contributed by atoms with Crippen molar-refractivity contribution in [1.82, 2.24) is 4.72 Å². The number of hydrogen-bond donors (Lipinski definition) is 1. The van der Waals surface area contributed by atoms with Crippen LogP contribution in [0.4, 0.5) is 0 Å². The molecule has 0 spiro atoms. The molecule has 1 aromatic carbocycles. The fourth-order valence-electron chi connectivity index (χ4n) is 3.47. The summed E-state index contributed by atoms with van der Waals surface area (Å²) in [4.78, 5) is 0.200. The van der Waals surface area contributed by atoms with Crippen LogP contribution in [-0.2, 0) is 10.0 Å². The summed E-state index contributed by atoms with van der Waals surface area (Å²) in [5.41, 5.74) is 0. The average molecular weight is 316 g/mol. The molecule has 3 rings (SSSR count). The molecule has 6 heteroatoms. The Morgan fingerprint density at radius 1 is 1.30 bits per heavy atom. The van der Waals surface area contributed by atoms with Crippen LogP contribution in [0.15, 0.2) is 23.1 Å². The summed E-state index contributed by atoms with van der Waals surface area (Å²) in [6.45, 7) is 0. The van der Waals surface area contributed by atoms with E-state index in [2.05, 4.69) is 4.72 Å². The molecule has 0 amide bonds. The van der Waals surface area contributed by atoms with E-state index in [-0.39, 0.29) is 10.9 Å². The number of rotatable bonds is 4. The van der Waals surface area contributed by atoms with E-state index in [1.54, 1.807) is 6.07 Å². The molecule has 3 atom stereocenters. The topological polar surface area (TPSA) is 55.4 Å². The Morgan fingerprint density at radius 3 is 2.65 bits per heavy atom. The zero-order chi connectivity index (χ0) is 14.3. The second kappa shape index (κ2) is 5.20. The summed E-state index contributed by atoms with van der Waals surface area (Å²) in [5, 5.41) is 0.309. The van der Waals surface area contributed by atoms with Gasteiger partial charge in [0.1, 0.15) is 5.75 Å². The van der Waals surface area contributed by atoms with Gasteiger partial charge in [-0.2, -0.15) is 0 Å². The van der Waals surface area contributed by atoms with E-state index in [1.807, 2.05) is 0 Å². The summed E-state index contributed by atoms with van der Waals surface area (Å²) in [7, 11) is -2.00. The van der Waals surface area contributed by atoms with Crippen LogP contribution in [0.1, 0.15) is 25.7 Å². The Bertz CT molecular complexity index is 617. The van der Waals surface area contributed by atoms with Gasteiger partial charge in [0.05, 0.1) is 17.0 Å². The molecule has 110 valence electrons. The predicted molar refractivity (Wildman–Crippen MR) is 77.6 cm³/mol. The summed E-state index contributed by atoms with van der Waals surface area (Å²) in [5.74, 6) is 1.68. The van der Waals surface area contributed by atoms with Gasteiger partial charge in [-0.25, -0.2) is 13.1 Å². The highest BCUT2D eigenvalue weighted by atomic mass is 35.5. The zero-order valence-electron chi connectivity index (χ0n) is 11.3. The fraction of sp³-hybridized carbons (Fsp3) is 0.571. The highest BCUT2D eigenvalue weighted by Gasteiger charge is 2.41. The van der Waals surface area contributed by atoms with E-state index < -0.39 is 10.0 Å². The molecular weight excluding hydrogens is 298 g/mol. The van der Waals surface area contributed by atoms with Crippen molar-refractivity contribution in [3.63, 3.8) is 0 Å². The number of ether oxygens (including phenoxy) is 1. The maximum atomic E-state index is 12.4. The Balaban J connectivity index is 1.79. The second-order valence-electron chi connectivity index (χ2n) is 5.70. The molecule has 2 fully saturated rings. The third-order valence-corrected chi connectivity index (χ3v) is 6.26. The molecule has 0 heterocycles. The summed E-state index contributed by atoms with van der Waals surface area (Å²) in [6, 6.07) is 4.63. The van der Waals surface area contributed by atoms with Gasteiger partial charge in [0.15, 0.2) is 0 Å². The van der Waals surface area contributed by atoms with Gasteiger partial charge < -0.3 is 4.74 Å². The van der Waals surface area contributed by atoms with Crippen LogP contribution in [-0.4, -0.2) is 21.6 Å². The van der Waals surface area contributed by atoms with Crippen LogP contribution in [0, 0.1) is 11.8 Å². The Morgan fingerprint density at radius 2 is 2.10 bits per heavy atom. The van der Waals surface area contributed by atoms with Gasteiger partial charge in [-0.05, 0) is 49.3 Å².